The molecule has 0 saturated heterocycles. The first-order valence-electron chi connectivity index (χ1n) is 5.59. The van der Waals surface area contributed by atoms with E-state index in [0.29, 0.717) is 0 Å². The van der Waals surface area contributed by atoms with Crippen molar-refractivity contribution >= 4 is 33.2 Å². The molecule has 6 heteroatoms. The molecular formula is C14H8BrClF2N2. The van der Waals surface area contributed by atoms with Crippen LogP contribution in [0.15, 0.2) is 34.8 Å². The van der Waals surface area contributed by atoms with Crippen molar-refractivity contribution in [3.05, 3.63) is 62.6 Å². The van der Waals surface area contributed by atoms with Crippen LogP contribution in [0.5, 0.6) is 0 Å². The highest BCUT2D eigenvalue weighted by Crippen LogP contribution is 2.27. The second kappa shape index (κ2) is 6.21. The molecule has 2 rings (SSSR count). The van der Waals surface area contributed by atoms with E-state index in [0.717, 1.165) is 5.56 Å². The molecule has 1 N–H and O–H groups in total. The predicted octanol–water partition coefficient (Wildman–Crippen LogP) is 4.86. The number of hydrogen-bond acceptors (Lipinski definition) is 2. The molecule has 0 heterocycles. The van der Waals surface area contributed by atoms with Crippen LogP contribution in [0.2, 0.25) is 5.02 Å². The Morgan fingerprint density at radius 3 is 2.65 bits per heavy atom. The Bertz CT molecular complexity index is 698. The number of halogens is 4. The molecule has 0 aliphatic rings. The highest BCUT2D eigenvalue weighted by molar-refractivity contribution is 9.10. The van der Waals surface area contributed by atoms with Crippen molar-refractivity contribution in [3.8, 4) is 6.07 Å². The zero-order chi connectivity index (χ0) is 14.7. The van der Waals surface area contributed by atoms with E-state index in [-0.39, 0.29) is 27.3 Å². The zero-order valence-electron chi connectivity index (χ0n) is 10.1. The molecule has 0 atom stereocenters. The topological polar surface area (TPSA) is 35.8 Å². The van der Waals surface area contributed by atoms with Gasteiger partial charge in [-0.1, -0.05) is 17.7 Å². The van der Waals surface area contributed by atoms with Gasteiger partial charge in [0, 0.05) is 6.54 Å². The summed E-state index contributed by atoms with van der Waals surface area (Å²) in [6, 6.07) is 9.15. The minimum atomic E-state index is -0.544. The molecule has 0 aromatic heterocycles. The number of hydrogen-bond donors (Lipinski definition) is 1. The van der Waals surface area contributed by atoms with Gasteiger partial charge in [0.1, 0.15) is 11.9 Å². The first-order chi connectivity index (χ1) is 9.52. The number of nitrogens with zero attached hydrogens (tertiary/aromatic N) is 1. The van der Waals surface area contributed by atoms with Gasteiger partial charge in [-0.05, 0) is 45.8 Å². The van der Waals surface area contributed by atoms with Gasteiger partial charge in [-0.25, -0.2) is 8.78 Å². The van der Waals surface area contributed by atoms with Gasteiger partial charge < -0.3 is 5.32 Å². The van der Waals surface area contributed by atoms with E-state index in [9.17, 15) is 8.78 Å². The van der Waals surface area contributed by atoms with E-state index in [1.165, 1.54) is 24.3 Å². The molecular weight excluding hydrogens is 350 g/mol. The van der Waals surface area contributed by atoms with Crippen LogP contribution < -0.4 is 5.32 Å². The van der Waals surface area contributed by atoms with Gasteiger partial charge >= 0.3 is 0 Å². The van der Waals surface area contributed by atoms with E-state index in [1.54, 1.807) is 6.07 Å². The summed E-state index contributed by atoms with van der Waals surface area (Å²) in [4.78, 5) is 0. The van der Waals surface area contributed by atoms with Crippen LogP contribution in [-0.4, -0.2) is 0 Å². The Labute approximate surface area is 128 Å². The number of nitrogens with one attached hydrogen (secondary N) is 1. The van der Waals surface area contributed by atoms with Crippen molar-refractivity contribution in [2.75, 3.05) is 5.32 Å². The van der Waals surface area contributed by atoms with Crippen LogP contribution in [-0.2, 0) is 6.54 Å². The Hall–Kier alpha value is -1.64. The average Bonchev–Trinajstić information content (AvgIpc) is 2.44. The van der Waals surface area contributed by atoms with E-state index in [2.05, 4.69) is 21.2 Å². The van der Waals surface area contributed by atoms with Crippen LogP contribution in [0.25, 0.3) is 0 Å². The fraction of sp³-hybridized carbons (Fsp3) is 0.0714. The monoisotopic (exact) mass is 356 g/mol. The smallest absolute Gasteiger partial charge is 0.161 e. The lowest BCUT2D eigenvalue weighted by molar-refractivity contribution is 0.622. The molecule has 0 spiro atoms. The van der Waals surface area contributed by atoms with Crippen molar-refractivity contribution in [2.24, 2.45) is 0 Å². The van der Waals surface area contributed by atoms with Gasteiger partial charge in [-0.15, -0.1) is 0 Å². The first kappa shape index (κ1) is 14.8. The number of nitriles is 1. The van der Waals surface area contributed by atoms with Gasteiger partial charge in [-0.2, -0.15) is 5.26 Å². The summed E-state index contributed by atoms with van der Waals surface area (Å²) in [6.45, 7) is 0.287. The molecule has 0 bridgehead atoms. The van der Waals surface area contributed by atoms with Gasteiger partial charge in [0.25, 0.3) is 0 Å². The number of benzene rings is 2. The number of anilines is 1. The molecule has 0 saturated carbocycles. The van der Waals surface area contributed by atoms with Gasteiger partial charge in [0.05, 0.1) is 20.7 Å². The average molecular weight is 358 g/mol. The lowest BCUT2D eigenvalue weighted by atomic mass is 10.2. The van der Waals surface area contributed by atoms with E-state index < -0.39 is 11.6 Å². The Balaban J connectivity index is 2.17. The second-order valence-electron chi connectivity index (χ2n) is 4.00. The van der Waals surface area contributed by atoms with Crippen LogP contribution in [0.1, 0.15) is 11.1 Å². The van der Waals surface area contributed by atoms with Crippen molar-refractivity contribution in [1.29, 1.82) is 5.26 Å². The maximum atomic E-state index is 13.9. The molecule has 0 radical (unpaired) electrons. The third-order valence-corrected chi connectivity index (χ3v) is 3.73. The van der Waals surface area contributed by atoms with Gasteiger partial charge in [-0.3, -0.25) is 0 Å². The highest BCUT2D eigenvalue weighted by atomic mass is 79.9. The molecule has 0 aliphatic carbocycles. The fourth-order valence-electron chi connectivity index (χ4n) is 1.62. The summed E-state index contributed by atoms with van der Waals surface area (Å²) in [5.74, 6) is -1.04. The Morgan fingerprint density at radius 2 is 2.00 bits per heavy atom. The minimum Gasteiger partial charge on any atom is -0.379 e. The summed E-state index contributed by atoms with van der Waals surface area (Å²) in [5, 5.41) is 11.7. The molecule has 2 aromatic carbocycles. The van der Waals surface area contributed by atoms with Crippen molar-refractivity contribution in [3.63, 3.8) is 0 Å². The van der Waals surface area contributed by atoms with Crippen LogP contribution >= 0.6 is 27.5 Å². The van der Waals surface area contributed by atoms with Crippen LogP contribution in [0, 0.1) is 23.0 Å². The third-order valence-electron chi connectivity index (χ3n) is 2.67. The SMILES string of the molecule is N#Cc1ccc(NCc2ccc(F)c(Cl)c2)c(F)c1Br. The molecule has 2 nitrogen and oxygen atoms in total. The molecule has 0 aliphatic heterocycles. The summed E-state index contributed by atoms with van der Waals surface area (Å²) in [7, 11) is 0. The maximum Gasteiger partial charge on any atom is 0.161 e. The normalized spacial score (nSPS) is 10.2. The molecule has 102 valence electrons. The largest absolute Gasteiger partial charge is 0.379 e. The quantitative estimate of drug-likeness (QED) is 0.851. The summed E-state index contributed by atoms with van der Waals surface area (Å²) >= 11 is 8.70. The predicted molar refractivity (Wildman–Crippen MR) is 77.6 cm³/mol. The van der Waals surface area contributed by atoms with E-state index >= 15 is 0 Å². The minimum absolute atomic E-state index is 0.0192. The van der Waals surface area contributed by atoms with Crippen LogP contribution in [0.4, 0.5) is 14.5 Å². The first-order valence-corrected chi connectivity index (χ1v) is 6.76. The maximum absolute atomic E-state index is 13.9. The molecule has 0 amide bonds. The highest BCUT2D eigenvalue weighted by Gasteiger charge is 2.11. The van der Waals surface area contributed by atoms with Crippen molar-refractivity contribution in [2.45, 2.75) is 6.54 Å². The summed E-state index contributed by atoms with van der Waals surface area (Å²) in [5.41, 5.74) is 1.19. The molecule has 0 fully saturated rings. The summed E-state index contributed by atoms with van der Waals surface area (Å²) < 4.78 is 27.1. The molecule has 20 heavy (non-hydrogen) atoms. The standard InChI is InChI=1S/C14H8BrClF2N2/c15-13-9(6-19)2-4-12(14(13)18)20-7-8-1-3-11(17)10(16)5-8/h1-5,20H,7H2. The van der Waals surface area contributed by atoms with Gasteiger partial charge in [0.2, 0.25) is 0 Å². The van der Waals surface area contributed by atoms with E-state index in [4.69, 9.17) is 16.9 Å². The Kier molecular flexibility index (Phi) is 4.58. The van der Waals surface area contributed by atoms with Crippen molar-refractivity contribution < 1.29 is 8.78 Å². The fourth-order valence-corrected chi connectivity index (χ4v) is 2.26. The van der Waals surface area contributed by atoms with E-state index in [1.807, 2.05) is 6.07 Å². The Morgan fingerprint density at radius 1 is 1.25 bits per heavy atom. The third kappa shape index (κ3) is 3.09. The van der Waals surface area contributed by atoms with Crippen molar-refractivity contribution in [1.82, 2.24) is 0 Å². The van der Waals surface area contributed by atoms with Crippen LogP contribution in [0.3, 0.4) is 0 Å². The second-order valence-corrected chi connectivity index (χ2v) is 5.20. The summed E-state index contributed by atoms with van der Waals surface area (Å²) in [6.07, 6.45) is 0. The number of rotatable bonds is 3. The molecule has 0 unspecified atom stereocenters. The molecule has 2 aromatic rings. The van der Waals surface area contributed by atoms with Gasteiger partial charge in [0.15, 0.2) is 5.82 Å². The zero-order valence-corrected chi connectivity index (χ0v) is 12.4. The lowest BCUT2D eigenvalue weighted by Gasteiger charge is -2.10. The lowest BCUT2D eigenvalue weighted by Crippen LogP contribution is -2.02.